The Labute approximate surface area is 123 Å². The van der Waals surface area contributed by atoms with Crippen LogP contribution in [0.25, 0.3) is 5.69 Å². The summed E-state index contributed by atoms with van der Waals surface area (Å²) in [5.41, 5.74) is 0.742. The molecule has 2 aromatic rings. The van der Waals surface area contributed by atoms with Crippen molar-refractivity contribution in [2.45, 2.75) is 30.3 Å². The fourth-order valence-corrected chi connectivity index (χ4v) is 4.31. The third-order valence-electron chi connectivity index (χ3n) is 4.63. The van der Waals surface area contributed by atoms with Gasteiger partial charge in [0.15, 0.2) is 0 Å². The van der Waals surface area contributed by atoms with Crippen LogP contribution in [0.3, 0.4) is 0 Å². The van der Waals surface area contributed by atoms with Gasteiger partial charge in [-0.05, 0) is 36.8 Å². The monoisotopic (exact) mass is 304 g/mol. The number of aromatic nitrogens is 3. The summed E-state index contributed by atoms with van der Waals surface area (Å²) < 4.78 is 25.2. The summed E-state index contributed by atoms with van der Waals surface area (Å²) in [4.78, 5) is 0. The fraction of sp³-hybridized carbons (Fsp3) is 0.429. The molecule has 1 aromatic heterocycles. The first kappa shape index (κ1) is 13.0. The number of nitrogens with two attached hydrogens (primary N) is 1. The fourth-order valence-electron chi connectivity index (χ4n) is 3.71. The topological polar surface area (TPSA) is 90.9 Å². The van der Waals surface area contributed by atoms with Gasteiger partial charge in [0.1, 0.15) is 5.82 Å². The molecule has 2 fully saturated rings. The van der Waals surface area contributed by atoms with Crippen LogP contribution in [0.1, 0.15) is 31.0 Å². The van der Waals surface area contributed by atoms with Crippen molar-refractivity contribution in [1.29, 1.82) is 0 Å². The van der Waals surface area contributed by atoms with E-state index in [1.54, 1.807) is 4.57 Å². The van der Waals surface area contributed by atoms with E-state index < -0.39 is 10.0 Å². The Morgan fingerprint density at radius 3 is 2.38 bits per heavy atom. The SMILES string of the molecule is NS(=O)(=O)c1nnc(C2C3CCCC32)n1-c1ccccc1. The second-order valence-corrected chi connectivity index (χ2v) is 7.30. The predicted octanol–water partition coefficient (Wildman–Crippen LogP) is 1.43. The van der Waals surface area contributed by atoms with Gasteiger partial charge in [-0.15, -0.1) is 10.2 Å². The number of hydrogen-bond donors (Lipinski definition) is 1. The van der Waals surface area contributed by atoms with Gasteiger partial charge in [0.2, 0.25) is 0 Å². The standard InChI is InChI=1S/C14H16N4O2S/c15-21(19,20)14-17-16-13(12-10-7-4-8-11(10)12)18(14)9-5-2-1-3-6-9/h1-3,5-6,10-12H,4,7-8H2,(H2,15,19,20). The Morgan fingerprint density at radius 2 is 1.76 bits per heavy atom. The van der Waals surface area contributed by atoms with Gasteiger partial charge < -0.3 is 0 Å². The Morgan fingerprint density at radius 1 is 1.10 bits per heavy atom. The van der Waals surface area contributed by atoms with Crippen molar-refractivity contribution in [1.82, 2.24) is 14.8 Å². The summed E-state index contributed by atoms with van der Waals surface area (Å²) in [6, 6.07) is 9.30. The van der Waals surface area contributed by atoms with E-state index in [9.17, 15) is 8.42 Å². The maximum Gasteiger partial charge on any atom is 0.274 e. The molecule has 0 amide bonds. The van der Waals surface area contributed by atoms with Gasteiger partial charge in [-0.2, -0.15) is 0 Å². The van der Waals surface area contributed by atoms with Crippen LogP contribution in [0.15, 0.2) is 35.5 Å². The number of primary sulfonamides is 1. The predicted molar refractivity (Wildman–Crippen MR) is 76.3 cm³/mol. The first-order valence-corrected chi connectivity index (χ1v) is 8.65. The molecule has 0 aliphatic heterocycles. The molecule has 1 aromatic carbocycles. The van der Waals surface area contributed by atoms with Crippen LogP contribution in [0.5, 0.6) is 0 Å². The minimum absolute atomic E-state index is 0.173. The van der Waals surface area contributed by atoms with Gasteiger partial charge in [0, 0.05) is 11.6 Å². The van der Waals surface area contributed by atoms with Crippen LogP contribution < -0.4 is 5.14 Å². The van der Waals surface area contributed by atoms with Gasteiger partial charge >= 0.3 is 0 Å². The number of rotatable bonds is 3. The molecule has 0 saturated heterocycles. The van der Waals surface area contributed by atoms with Crippen LogP contribution in [0.2, 0.25) is 0 Å². The van der Waals surface area contributed by atoms with Crippen molar-refractivity contribution >= 4 is 10.0 Å². The molecule has 4 rings (SSSR count). The lowest BCUT2D eigenvalue weighted by molar-refractivity contribution is 0.582. The first-order valence-electron chi connectivity index (χ1n) is 7.11. The van der Waals surface area contributed by atoms with E-state index in [4.69, 9.17) is 5.14 Å². The van der Waals surface area contributed by atoms with Crippen LogP contribution in [0, 0.1) is 11.8 Å². The molecule has 2 N–H and O–H groups in total. The molecular formula is C14H16N4O2S. The Kier molecular flexibility index (Phi) is 2.71. The van der Waals surface area contributed by atoms with Crippen molar-refractivity contribution in [2.24, 2.45) is 17.0 Å². The summed E-state index contributed by atoms with van der Waals surface area (Å²) in [5.74, 6) is 2.32. The molecule has 2 aliphatic carbocycles. The lowest BCUT2D eigenvalue weighted by atomic mass is 10.1. The smallest absolute Gasteiger partial charge is 0.268 e. The zero-order valence-electron chi connectivity index (χ0n) is 11.4. The molecule has 0 radical (unpaired) electrons. The highest BCUT2D eigenvalue weighted by molar-refractivity contribution is 7.89. The van der Waals surface area contributed by atoms with Gasteiger partial charge in [0.05, 0.1) is 0 Å². The van der Waals surface area contributed by atoms with E-state index in [0.29, 0.717) is 17.8 Å². The molecule has 110 valence electrons. The minimum Gasteiger partial charge on any atom is -0.268 e. The lowest BCUT2D eigenvalue weighted by Crippen LogP contribution is -2.18. The lowest BCUT2D eigenvalue weighted by Gasteiger charge is -2.10. The van der Waals surface area contributed by atoms with Crippen molar-refractivity contribution in [3.8, 4) is 5.69 Å². The molecular weight excluding hydrogens is 288 g/mol. The maximum absolute atomic E-state index is 11.8. The average Bonchev–Trinajstić information content (AvgIpc) is 2.86. The summed E-state index contributed by atoms with van der Waals surface area (Å²) in [7, 11) is -3.90. The quantitative estimate of drug-likeness (QED) is 0.928. The van der Waals surface area contributed by atoms with E-state index >= 15 is 0 Å². The molecule has 6 nitrogen and oxygen atoms in total. The highest BCUT2D eigenvalue weighted by Gasteiger charge is 2.56. The number of fused-ring (bicyclic) bond motifs is 1. The second kappa shape index (κ2) is 4.38. The highest BCUT2D eigenvalue weighted by atomic mass is 32.2. The highest BCUT2D eigenvalue weighted by Crippen LogP contribution is 2.62. The minimum atomic E-state index is -3.90. The average molecular weight is 304 g/mol. The Hall–Kier alpha value is -1.73. The van der Waals surface area contributed by atoms with E-state index in [2.05, 4.69) is 10.2 Å². The van der Waals surface area contributed by atoms with E-state index in [1.165, 1.54) is 19.3 Å². The van der Waals surface area contributed by atoms with E-state index in [-0.39, 0.29) is 5.16 Å². The molecule has 2 unspecified atom stereocenters. The molecule has 2 aliphatic rings. The number of benzene rings is 1. The summed E-state index contributed by atoms with van der Waals surface area (Å²) in [6.07, 6.45) is 3.65. The van der Waals surface area contributed by atoms with Crippen molar-refractivity contribution < 1.29 is 8.42 Å². The number of hydrogen-bond acceptors (Lipinski definition) is 4. The van der Waals surface area contributed by atoms with Crippen molar-refractivity contribution in [3.63, 3.8) is 0 Å². The van der Waals surface area contributed by atoms with Gasteiger partial charge in [0.25, 0.3) is 15.2 Å². The van der Waals surface area contributed by atoms with E-state index in [0.717, 1.165) is 11.5 Å². The van der Waals surface area contributed by atoms with E-state index in [1.807, 2.05) is 30.3 Å². The Bertz CT molecular complexity index is 775. The number of nitrogens with zero attached hydrogens (tertiary/aromatic N) is 3. The van der Waals surface area contributed by atoms with Crippen molar-refractivity contribution in [2.75, 3.05) is 0 Å². The third kappa shape index (κ3) is 1.99. The number of para-hydroxylation sites is 1. The van der Waals surface area contributed by atoms with Crippen LogP contribution >= 0.6 is 0 Å². The maximum atomic E-state index is 11.8. The zero-order valence-corrected chi connectivity index (χ0v) is 12.2. The van der Waals surface area contributed by atoms with Gasteiger partial charge in [-0.3, -0.25) is 4.57 Å². The van der Waals surface area contributed by atoms with Crippen LogP contribution in [-0.4, -0.2) is 23.2 Å². The third-order valence-corrected chi connectivity index (χ3v) is 5.41. The largest absolute Gasteiger partial charge is 0.274 e. The number of sulfonamides is 1. The van der Waals surface area contributed by atoms with Gasteiger partial charge in [-0.1, -0.05) is 24.6 Å². The normalized spacial score (nSPS) is 27.6. The summed E-state index contributed by atoms with van der Waals surface area (Å²) >= 11 is 0. The Balaban J connectivity index is 1.87. The molecule has 2 saturated carbocycles. The molecule has 0 bridgehead atoms. The molecule has 21 heavy (non-hydrogen) atoms. The molecule has 7 heteroatoms. The first-order chi connectivity index (χ1) is 10.1. The molecule has 1 heterocycles. The second-order valence-electron chi connectivity index (χ2n) is 5.84. The summed E-state index contributed by atoms with van der Waals surface area (Å²) in [5, 5.41) is 13.1. The van der Waals surface area contributed by atoms with Crippen molar-refractivity contribution in [3.05, 3.63) is 36.2 Å². The summed E-state index contributed by atoms with van der Waals surface area (Å²) in [6.45, 7) is 0. The van der Waals surface area contributed by atoms with Crippen LogP contribution in [-0.2, 0) is 10.0 Å². The molecule has 2 atom stereocenters. The zero-order chi connectivity index (χ0) is 14.6. The van der Waals surface area contributed by atoms with Gasteiger partial charge in [-0.25, -0.2) is 13.6 Å². The molecule has 0 spiro atoms. The van der Waals surface area contributed by atoms with Crippen LogP contribution in [0.4, 0.5) is 0 Å².